The van der Waals surface area contributed by atoms with Crippen molar-refractivity contribution in [2.24, 2.45) is 13.0 Å². The third kappa shape index (κ3) is 3.21. The highest BCUT2D eigenvalue weighted by molar-refractivity contribution is 7.89. The topological polar surface area (TPSA) is 130 Å². The predicted molar refractivity (Wildman–Crippen MR) is 95.4 cm³/mol. The molecule has 2 fully saturated rings. The van der Waals surface area contributed by atoms with E-state index < -0.39 is 21.6 Å². The van der Waals surface area contributed by atoms with Crippen molar-refractivity contribution in [2.75, 3.05) is 20.1 Å². The number of nitrogens with one attached hydrogen (secondary N) is 3. The van der Waals surface area contributed by atoms with Gasteiger partial charge in [-0.3, -0.25) is 14.9 Å². The Bertz CT molecular complexity index is 900. The summed E-state index contributed by atoms with van der Waals surface area (Å²) >= 11 is 0. The summed E-state index contributed by atoms with van der Waals surface area (Å²) in [4.78, 5) is 35.4. The number of rotatable bonds is 4. The fraction of sp³-hybridized carbons (Fsp3) is 0.562. The maximum atomic E-state index is 12.9. The van der Waals surface area contributed by atoms with Gasteiger partial charge in [-0.15, -0.1) is 0 Å². The van der Waals surface area contributed by atoms with Crippen molar-refractivity contribution in [1.82, 2.24) is 24.8 Å². The molecular formula is C16H23N5O5S. The van der Waals surface area contributed by atoms with Gasteiger partial charge >= 0.3 is 6.03 Å². The third-order valence-electron chi connectivity index (χ3n) is 5.42. The smallest absolute Gasteiger partial charge is 0.322 e. The highest BCUT2D eigenvalue weighted by Gasteiger charge is 2.49. The van der Waals surface area contributed by atoms with Crippen molar-refractivity contribution in [2.45, 2.75) is 30.2 Å². The molecule has 1 atom stereocenters. The molecule has 2 saturated heterocycles. The van der Waals surface area contributed by atoms with Crippen molar-refractivity contribution >= 4 is 27.9 Å². The maximum Gasteiger partial charge on any atom is 0.322 e. The fourth-order valence-corrected chi connectivity index (χ4v) is 5.24. The zero-order valence-corrected chi connectivity index (χ0v) is 16.2. The molecule has 1 unspecified atom stereocenters. The molecule has 0 aliphatic carbocycles. The summed E-state index contributed by atoms with van der Waals surface area (Å²) < 4.78 is 28.7. The summed E-state index contributed by atoms with van der Waals surface area (Å²) in [5, 5.41) is 7.36. The molecule has 1 aromatic rings. The summed E-state index contributed by atoms with van der Waals surface area (Å²) in [6.45, 7) is 2.13. The van der Waals surface area contributed by atoms with Crippen LogP contribution in [0.25, 0.3) is 0 Å². The Balaban J connectivity index is 1.75. The van der Waals surface area contributed by atoms with E-state index in [4.69, 9.17) is 0 Å². The van der Waals surface area contributed by atoms with Crippen molar-refractivity contribution in [3.63, 3.8) is 0 Å². The highest BCUT2D eigenvalue weighted by Crippen LogP contribution is 2.32. The van der Waals surface area contributed by atoms with Crippen molar-refractivity contribution in [3.8, 4) is 0 Å². The molecule has 3 heterocycles. The van der Waals surface area contributed by atoms with Gasteiger partial charge in [-0.05, 0) is 31.7 Å². The van der Waals surface area contributed by atoms with E-state index in [1.165, 1.54) is 28.2 Å². The Morgan fingerprint density at radius 2 is 1.93 bits per heavy atom. The molecule has 27 heavy (non-hydrogen) atoms. The molecule has 11 heteroatoms. The van der Waals surface area contributed by atoms with Crippen molar-refractivity contribution in [3.05, 3.63) is 18.0 Å². The average molecular weight is 397 g/mol. The zero-order chi connectivity index (χ0) is 20.0. The van der Waals surface area contributed by atoms with Gasteiger partial charge in [0.25, 0.3) is 11.8 Å². The molecule has 2 aliphatic heterocycles. The van der Waals surface area contributed by atoms with Crippen LogP contribution in [0.1, 0.15) is 30.3 Å². The van der Waals surface area contributed by atoms with Crippen LogP contribution in [0.15, 0.2) is 17.2 Å². The first-order chi connectivity index (χ1) is 12.6. The normalized spacial score (nSPS) is 24.6. The van der Waals surface area contributed by atoms with Crippen molar-refractivity contribution < 1.29 is 22.8 Å². The van der Waals surface area contributed by atoms with E-state index in [1.54, 1.807) is 14.0 Å². The molecule has 3 rings (SSSR count). The Kier molecular flexibility index (Phi) is 4.76. The van der Waals surface area contributed by atoms with E-state index in [1.807, 2.05) is 0 Å². The number of imide groups is 1. The second kappa shape index (κ2) is 6.64. The molecule has 0 saturated carbocycles. The number of carbonyl (C=O) groups is 3. The number of piperidine rings is 1. The van der Waals surface area contributed by atoms with Crippen LogP contribution in [0.2, 0.25) is 0 Å². The molecule has 0 spiro atoms. The molecular weight excluding hydrogens is 374 g/mol. The molecule has 4 amide bonds. The van der Waals surface area contributed by atoms with E-state index in [-0.39, 0.29) is 41.4 Å². The minimum Gasteiger partial charge on any atom is -0.354 e. The monoisotopic (exact) mass is 397 g/mol. The van der Waals surface area contributed by atoms with E-state index in [9.17, 15) is 22.8 Å². The van der Waals surface area contributed by atoms with Gasteiger partial charge in [-0.25, -0.2) is 13.2 Å². The van der Waals surface area contributed by atoms with Crippen LogP contribution in [-0.2, 0) is 21.9 Å². The minimum absolute atomic E-state index is 0.0557. The lowest BCUT2D eigenvalue weighted by molar-refractivity contribution is -0.125. The lowest BCUT2D eigenvalue weighted by atomic mass is 9.79. The van der Waals surface area contributed by atoms with E-state index in [2.05, 4.69) is 16.0 Å². The van der Waals surface area contributed by atoms with Gasteiger partial charge in [0.2, 0.25) is 10.0 Å². The molecule has 2 aliphatic rings. The summed E-state index contributed by atoms with van der Waals surface area (Å²) in [6.07, 6.45) is 2.30. The van der Waals surface area contributed by atoms with Crippen LogP contribution in [0.4, 0.5) is 4.79 Å². The number of sulfonamides is 1. The molecule has 148 valence electrons. The van der Waals surface area contributed by atoms with Gasteiger partial charge in [0, 0.05) is 33.4 Å². The Morgan fingerprint density at radius 3 is 2.44 bits per heavy atom. The first kappa shape index (κ1) is 19.4. The molecule has 1 aromatic heterocycles. The number of aryl methyl sites for hydroxylation is 1. The predicted octanol–water partition coefficient (Wildman–Crippen LogP) is -0.616. The lowest BCUT2D eigenvalue weighted by Crippen LogP contribution is -2.54. The largest absolute Gasteiger partial charge is 0.354 e. The molecule has 0 aromatic carbocycles. The van der Waals surface area contributed by atoms with Crippen LogP contribution < -0.4 is 16.0 Å². The van der Waals surface area contributed by atoms with Crippen molar-refractivity contribution in [1.29, 1.82) is 0 Å². The first-order valence-electron chi connectivity index (χ1n) is 8.62. The number of hydrogen-bond acceptors (Lipinski definition) is 5. The van der Waals surface area contributed by atoms with Crippen LogP contribution in [0.3, 0.4) is 0 Å². The second-order valence-electron chi connectivity index (χ2n) is 7.04. The molecule has 0 bridgehead atoms. The number of hydrogen-bond donors (Lipinski definition) is 3. The van der Waals surface area contributed by atoms with Gasteiger partial charge in [0.1, 0.15) is 16.1 Å². The summed E-state index contributed by atoms with van der Waals surface area (Å²) in [6, 6.07) is 0.829. The molecule has 0 radical (unpaired) electrons. The number of aromatic nitrogens is 1. The van der Waals surface area contributed by atoms with Crippen LogP contribution in [0.5, 0.6) is 0 Å². The van der Waals surface area contributed by atoms with Crippen LogP contribution in [-0.4, -0.2) is 60.8 Å². The third-order valence-corrected chi connectivity index (χ3v) is 7.28. The Hall–Kier alpha value is -2.40. The van der Waals surface area contributed by atoms with Crippen LogP contribution >= 0.6 is 0 Å². The fourth-order valence-electron chi connectivity index (χ4n) is 3.70. The van der Waals surface area contributed by atoms with Gasteiger partial charge in [0.05, 0.1) is 0 Å². The minimum atomic E-state index is -3.75. The lowest BCUT2D eigenvalue weighted by Gasteiger charge is -2.37. The number of amides is 4. The van der Waals surface area contributed by atoms with E-state index in [0.29, 0.717) is 12.8 Å². The van der Waals surface area contributed by atoms with Gasteiger partial charge in [-0.1, -0.05) is 0 Å². The Labute approximate surface area is 157 Å². The van der Waals surface area contributed by atoms with Crippen LogP contribution in [0, 0.1) is 5.92 Å². The standard InChI is InChI=1S/C16H23N5O5S/c1-16(14(23)18-15(24)19-16)10-4-6-21(7-5-10)27(25,26)11-8-12(13(22)17-2)20(3)9-11/h8-10H,4-7H2,1-3H3,(H,17,22)(H2,18,19,23,24). The zero-order valence-electron chi connectivity index (χ0n) is 15.4. The maximum absolute atomic E-state index is 12.9. The van der Waals surface area contributed by atoms with E-state index >= 15 is 0 Å². The summed E-state index contributed by atoms with van der Waals surface area (Å²) in [5.74, 6) is -0.909. The van der Waals surface area contributed by atoms with Gasteiger partial charge < -0.3 is 15.2 Å². The number of urea groups is 1. The Morgan fingerprint density at radius 1 is 1.30 bits per heavy atom. The molecule has 3 N–H and O–H groups in total. The second-order valence-corrected chi connectivity index (χ2v) is 8.98. The average Bonchev–Trinajstić information content (AvgIpc) is 3.14. The SMILES string of the molecule is CNC(=O)c1cc(S(=O)(=O)N2CCC(C3(C)NC(=O)NC3=O)CC2)cn1C. The summed E-state index contributed by atoms with van der Waals surface area (Å²) in [7, 11) is -0.664. The first-order valence-corrected chi connectivity index (χ1v) is 10.1. The van der Waals surface area contributed by atoms with Gasteiger partial charge in [0.15, 0.2) is 0 Å². The highest BCUT2D eigenvalue weighted by atomic mass is 32.2. The molecule has 10 nitrogen and oxygen atoms in total. The van der Waals surface area contributed by atoms with Gasteiger partial charge in [-0.2, -0.15) is 4.31 Å². The number of carbonyl (C=O) groups excluding carboxylic acids is 3. The van der Waals surface area contributed by atoms with E-state index in [0.717, 1.165) is 0 Å². The summed E-state index contributed by atoms with van der Waals surface area (Å²) in [5.41, 5.74) is -0.768. The quantitative estimate of drug-likeness (QED) is 0.583. The number of nitrogens with zero attached hydrogens (tertiary/aromatic N) is 2.